The predicted molar refractivity (Wildman–Crippen MR) is 72.1 cm³/mol. The van der Waals surface area contributed by atoms with E-state index in [4.69, 9.17) is 4.74 Å². The highest BCUT2D eigenvalue weighted by Crippen LogP contribution is 2.69. The smallest absolute Gasteiger partial charge is 0.0975 e. The van der Waals surface area contributed by atoms with Crippen molar-refractivity contribution in [1.29, 1.82) is 0 Å². The Morgan fingerprint density at radius 1 is 1.12 bits per heavy atom. The molecule has 0 unspecified atom stereocenters. The zero-order chi connectivity index (χ0) is 13.5. The minimum absolute atomic E-state index is 0.251. The molecule has 2 saturated heterocycles. The molecule has 3 fully saturated rings. The van der Waals surface area contributed by atoms with Crippen LogP contribution >= 0.6 is 0 Å². The molecule has 0 atom stereocenters. The zero-order valence-electron chi connectivity index (χ0n) is 12.7. The van der Waals surface area contributed by atoms with Gasteiger partial charge in [-0.3, -0.25) is 0 Å². The van der Waals surface area contributed by atoms with Gasteiger partial charge in [-0.05, 0) is 32.1 Å². The third-order valence-electron chi connectivity index (χ3n) is 5.31. The third kappa shape index (κ3) is 1.94. The number of rotatable bonds is 3. The van der Waals surface area contributed by atoms with Crippen LogP contribution < -0.4 is 0 Å². The van der Waals surface area contributed by atoms with Crippen molar-refractivity contribution in [2.75, 3.05) is 6.61 Å². The summed E-state index contributed by atoms with van der Waals surface area (Å²) in [6, 6.07) is 0. The molecule has 0 spiro atoms. The van der Waals surface area contributed by atoms with E-state index in [1.165, 1.54) is 6.42 Å². The normalized spacial score (nSPS) is 36.0. The van der Waals surface area contributed by atoms with Crippen molar-refractivity contribution in [2.45, 2.75) is 78.9 Å². The van der Waals surface area contributed by atoms with E-state index in [1.807, 2.05) is 27.7 Å². The van der Waals surface area contributed by atoms with E-state index in [0.717, 1.165) is 19.4 Å². The molecule has 2 nitrogen and oxygen atoms in total. The maximum atomic E-state index is 10.1. The topological polar surface area (TPSA) is 29.5 Å². The maximum Gasteiger partial charge on any atom is 0.0975 e. The molecule has 17 heavy (non-hydrogen) atoms. The van der Waals surface area contributed by atoms with Gasteiger partial charge < -0.3 is 9.84 Å². The van der Waals surface area contributed by atoms with E-state index in [2.05, 4.69) is 20.8 Å². The number of ether oxygens (including phenoxy) is 1. The van der Waals surface area contributed by atoms with Gasteiger partial charge >= 0.3 is 0 Å². The maximum absolute atomic E-state index is 10.1. The lowest BCUT2D eigenvalue weighted by molar-refractivity contribution is -0.173. The largest absolute Gasteiger partial charge is 0.387 e. The van der Waals surface area contributed by atoms with E-state index in [1.54, 1.807) is 0 Å². The minimum atomic E-state index is -0.698. The van der Waals surface area contributed by atoms with Crippen molar-refractivity contribution in [1.82, 2.24) is 0 Å². The molecular formula is C15H30O2. The Morgan fingerprint density at radius 3 is 1.88 bits per heavy atom. The van der Waals surface area contributed by atoms with Crippen LogP contribution in [0.1, 0.15) is 67.7 Å². The Bertz CT molecular complexity index is 267. The van der Waals surface area contributed by atoms with Gasteiger partial charge in [0.1, 0.15) is 0 Å². The van der Waals surface area contributed by atoms with Crippen LogP contribution in [0.2, 0.25) is 0 Å². The molecule has 0 aromatic heterocycles. The molecule has 1 N–H and O–H groups in total. The van der Waals surface area contributed by atoms with Crippen LogP contribution in [0.3, 0.4) is 0 Å². The molecule has 102 valence electrons. The Hall–Kier alpha value is -0.0800. The van der Waals surface area contributed by atoms with Gasteiger partial charge in [0.2, 0.25) is 0 Å². The van der Waals surface area contributed by atoms with Gasteiger partial charge in [-0.2, -0.15) is 0 Å². The van der Waals surface area contributed by atoms with Crippen molar-refractivity contribution < 1.29 is 9.84 Å². The highest BCUT2D eigenvalue weighted by molar-refractivity contribution is 5.20. The lowest BCUT2D eigenvalue weighted by atomic mass is 9.48. The fourth-order valence-electron chi connectivity index (χ4n) is 3.18. The first-order chi connectivity index (χ1) is 7.68. The zero-order valence-corrected chi connectivity index (χ0v) is 12.7. The number of hydrogen-bond donors (Lipinski definition) is 1. The van der Waals surface area contributed by atoms with Crippen LogP contribution in [-0.2, 0) is 4.74 Å². The molecule has 2 heteroatoms. The van der Waals surface area contributed by atoms with Crippen molar-refractivity contribution in [3.63, 3.8) is 0 Å². The van der Waals surface area contributed by atoms with Crippen LogP contribution in [-0.4, -0.2) is 22.9 Å². The first-order valence-corrected chi connectivity index (χ1v) is 7.04. The summed E-state index contributed by atoms with van der Waals surface area (Å²) in [5.74, 6) is 0. The van der Waals surface area contributed by atoms with Crippen molar-refractivity contribution in [2.24, 2.45) is 10.8 Å². The second-order valence-electron chi connectivity index (χ2n) is 6.71. The van der Waals surface area contributed by atoms with Crippen LogP contribution in [0.5, 0.6) is 0 Å². The summed E-state index contributed by atoms with van der Waals surface area (Å²) in [5.41, 5.74) is -0.295. The SMILES string of the molecule is CC.CCC(C)(C)C12COC(C(C)(C)O)(C1)C2. The summed E-state index contributed by atoms with van der Waals surface area (Å²) in [7, 11) is 0. The second-order valence-corrected chi connectivity index (χ2v) is 6.71. The van der Waals surface area contributed by atoms with Crippen LogP contribution in [0, 0.1) is 10.8 Å². The lowest BCUT2D eigenvalue weighted by Gasteiger charge is -2.56. The Kier molecular flexibility index (Phi) is 3.73. The monoisotopic (exact) mass is 242 g/mol. The first-order valence-electron chi connectivity index (χ1n) is 7.04. The van der Waals surface area contributed by atoms with Crippen molar-refractivity contribution >= 4 is 0 Å². The van der Waals surface area contributed by atoms with E-state index < -0.39 is 5.60 Å². The summed E-state index contributed by atoms with van der Waals surface area (Å²) in [6.45, 7) is 15.5. The van der Waals surface area contributed by atoms with E-state index in [-0.39, 0.29) is 5.60 Å². The lowest BCUT2D eigenvalue weighted by Crippen LogP contribution is -2.61. The first kappa shape index (κ1) is 15.0. The number of aliphatic hydroxyl groups is 1. The molecular weight excluding hydrogens is 212 g/mol. The molecule has 0 radical (unpaired) electrons. The molecule has 2 bridgehead atoms. The standard InChI is InChI=1S/C13H24O2.C2H6/c1-6-10(2,3)12-7-13(8-12,15-9-12)11(4,5)14;1-2/h14H,6-9H2,1-5H3;1-2H3. The molecule has 3 aliphatic rings. The summed E-state index contributed by atoms with van der Waals surface area (Å²) < 4.78 is 5.92. The minimum Gasteiger partial charge on any atom is -0.387 e. The summed E-state index contributed by atoms with van der Waals surface area (Å²) in [4.78, 5) is 0. The predicted octanol–water partition coefficient (Wildman–Crippen LogP) is 3.77. The summed E-state index contributed by atoms with van der Waals surface area (Å²) in [5, 5.41) is 10.1. The van der Waals surface area contributed by atoms with Gasteiger partial charge in [-0.25, -0.2) is 0 Å². The molecule has 0 amide bonds. The van der Waals surface area contributed by atoms with Gasteiger partial charge in [-0.15, -0.1) is 0 Å². The van der Waals surface area contributed by atoms with E-state index >= 15 is 0 Å². The van der Waals surface area contributed by atoms with Gasteiger partial charge in [0.15, 0.2) is 0 Å². The van der Waals surface area contributed by atoms with Gasteiger partial charge in [0, 0.05) is 5.41 Å². The Labute approximate surface area is 107 Å². The molecule has 3 rings (SSSR count). The van der Waals surface area contributed by atoms with Crippen LogP contribution in [0.4, 0.5) is 0 Å². The van der Waals surface area contributed by atoms with Gasteiger partial charge in [-0.1, -0.05) is 41.0 Å². The Balaban J connectivity index is 0.000000686. The van der Waals surface area contributed by atoms with E-state index in [9.17, 15) is 5.11 Å². The van der Waals surface area contributed by atoms with E-state index in [0.29, 0.717) is 10.8 Å². The quantitative estimate of drug-likeness (QED) is 0.816. The second kappa shape index (κ2) is 4.24. The van der Waals surface area contributed by atoms with Crippen LogP contribution in [0.15, 0.2) is 0 Å². The van der Waals surface area contributed by atoms with Crippen molar-refractivity contribution in [3.05, 3.63) is 0 Å². The summed E-state index contributed by atoms with van der Waals surface area (Å²) in [6.07, 6.45) is 3.24. The van der Waals surface area contributed by atoms with Crippen LogP contribution in [0.25, 0.3) is 0 Å². The highest BCUT2D eigenvalue weighted by Gasteiger charge is 2.71. The van der Waals surface area contributed by atoms with Gasteiger partial charge in [0.25, 0.3) is 0 Å². The summed E-state index contributed by atoms with van der Waals surface area (Å²) >= 11 is 0. The Morgan fingerprint density at radius 2 is 1.59 bits per heavy atom. The molecule has 2 aliphatic heterocycles. The third-order valence-corrected chi connectivity index (χ3v) is 5.31. The number of fused-ring (bicyclic) bond motifs is 1. The average molecular weight is 242 g/mol. The fraction of sp³-hybridized carbons (Fsp3) is 1.00. The average Bonchev–Trinajstić information content (AvgIpc) is 2.76. The molecule has 1 aliphatic carbocycles. The molecule has 1 saturated carbocycles. The molecule has 2 heterocycles. The molecule has 0 aromatic carbocycles. The van der Waals surface area contributed by atoms with Crippen molar-refractivity contribution in [3.8, 4) is 0 Å². The number of hydrogen-bond acceptors (Lipinski definition) is 2. The molecule has 0 aromatic rings. The van der Waals surface area contributed by atoms with Gasteiger partial charge in [0.05, 0.1) is 17.8 Å². The fourth-order valence-corrected chi connectivity index (χ4v) is 3.18. The highest BCUT2D eigenvalue weighted by atomic mass is 16.5.